The molecule has 0 saturated carbocycles. The molecule has 1 amide bonds. The van der Waals surface area contributed by atoms with Crippen molar-refractivity contribution in [1.29, 1.82) is 0 Å². The average molecular weight is 447 g/mol. The van der Waals surface area contributed by atoms with E-state index in [0.717, 1.165) is 21.3 Å². The first-order valence-electron chi connectivity index (χ1n) is 8.19. The number of thioether (sulfide) groups is 1. The SMILES string of the molecule is COc1cc(Br)c(/C=C2/SC(=Nc3ccc(C)cc3C)NC2=O)cc1OC. The quantitative estimate of drug-likeness (QED) is 0.673. The van der Waals surface area contributed by atoms with Gasteiger partial charge in [-0.05, 0) is 61.0 Å². The summed E-state index contributed by atoms with van der Waals surface area (Å²) in [5.41, 5.74) is 3.91. The highest BCUT2D eigenvalue weighted by atomic mass is 79.9. The molecule has 0 atom stereocenters. The van der Waals surface area contributed by atoms with Gasteiger partial charge in [0.15, 0.2) is 16.7 Å². The van der Waals surface area contributed by atoms with Crippen LogP contribution in [0.2, 0.25) is 0 Å². The van der Waals surface area contributed by atoms with Gasteiger partial charge in [0.2, 0.25) is 0 Å². The Kier molecular flexibility index (Phi) is 5.92. The van der Waals surface area contributed by atoms with Crippen molar-refractivity contribution in [1.82, 2.24) is 5.32 Å². The molecule has 1 aliphatic rings. The average Bonchev–Trinajstić information content (AvgIpc) is 2.98. The summed E-state index contributed by atoms with van der Waals surface area (Å²) < 4.78 is 11.4. The molecule has 0 unspecified atom stereocenters. The highest BCUT2D eigenvalue weighted by molar-refractivity contribution is 9.10. The Morgan fingerprint density at radius 2 is 1.81 bits per heavy atom. The molecule has 1 aliphatic heterocycles. The van der Waals surface area contributed by atoms with Crippen molar-refractivity contribution in [3.8, 4) is 11.5 Å². The Balaban J connectivity index is 1.90. The van der Waals surface area contributed by atoms with Crippen LogP contribution < -0.4 is 14.8 Å². The van der Waals surface area contributed by atoms with Crippen LogP contribution in [0.5, 0.6) is 11.5 Å². The molecule has 0 radical (unpaired) electrons. The summed E-state index contributed by atoms with van der Waals surface area (Å²) in [4.78, 5) is 17.5. The van der Waals surface area contributed by atoms with Gasteiger partial charge in [0.25, 0.3) is 5.91 Å². The van der Waals surface area contributed by atoms with E-state index in [2.05, 4.69) is 32.3 Å². The number of carbonyl (C=O) groups excluding carboxylic acids is 1. The number of amides is 1. The van der Waals surface area contributed by atoms with Crippen molar-refractivity contribution in [2.45, 2.75) is 13.8 Å². The van der Waals surface area contributed by atoms with Crippen LogP contribution in [-0.4, -0.2) is 25.3 Å². The molecule has 1 saturated heterocycles. The fraction of sp³-hybridized carbons (Fsp3) is 0.200. The number of aliphatic imine (C=N–C) groups is 1. The molecule has 1 heterocycles. The van der Waals surface area contributed by atoms with Crippen LogP contribution in [0.15, 0.2) is 44.7 Å². The van der Waals surface area contributed by atoms with Gasteiger partial charge in [0.05, 0.1) is 24.8 Å². The third-order valence-electron chi connectivity index (χ3n) is 4.01. The van der Waals surface area contributed by atoms with Crippen LogP contribution in [0.4, 0.5) is 5.69 Å². The monoisotopic (exact) mass is 446 g/mol. The minimum atomic E-state index is -0.176. The highest BCUT2D eigenvalue weighted by Gasteiger charge is 2.24. The first kappa shape index (κ1) is 19.5. The van der Waals surface area contributed by atoms with E-state index < -0.39 is 0 Å². The second-order valence-electron chi connectivity index (χ2n) is 6.00. The Morgan fingerprint density at radius 3 is 2.48 bits per heavy atom. The summed E-state index contributed by atoms with van der Waals surface area (Å²) >= 11 is 4.82. The molecule has 0 aliphatic carbocycles. The maximum Gasteiger partial charge on any atom is 0.264 e. The Morgan fingerprint density at radius 1 is 1.11 bits per heavy atom. The van der Waals surface area contributed by atoms with E-state index in [9.17, 15) is 4.79 Å². The van der Waals surface area contributed by atoms with Gasteiger partial charge in [-0.2, -0.15) is 0 Å². The van der Waals surface area contributed by atoms with Crippen molar-refractivity contribution in [3.63, 3.8) is 0 Å². The number of ether oxygens (including phenoxy) is 2. The number of nitrogens with zero attached hydrogens (tertiary/aromatic N) is 1. The summed E-state index contributed by atoms with van der Waals surface area (Å²) in [6.45, 7) is 4.04. The maximum absolute atomic E-state index is 12.4. The van der Waals surface area contributed by atoms with E-state index >= 15 is 0 Å². The third kappa shape index (κ3) is 4.36. The number of methoxy groups -OCH3 is 2. The predicted molar refractivity (Wildman–Crippen MR) is 114 cm³/mol. The lowest BCUT2D eigenvalue weighted by Gasteiger charge is -2.10. The van der Waals surface area contributed by atoms with Gasteiger partial charge in [-0.3, -0.25) is 4.79 Å². The summed E-state index contributed by atoms with van der Waals surface area (Å²) in [6.07, 6.45) is 1.80. The van der Waals surface area contributed by atoms with Crippen LogP contribution in [0.3, 0.4) is 0 Å². The van der Waals surface area contributed by atoms with Crippen molar-refractivity contribution in [3.05, 3.63) is 56.4 Å². The summed E-state index contributed by atoms with van der Waals surface area (Å²) in [6, 6.07) is 9.66. The summed E-state index contributed by atoms with van der Waals surface area (Å²) in [7, 11) is 3.16. The minimum Gasteiger partial charge on any atom is -0.493 e. The Bertz CT molecular complexity index is 970. The molecule has 3 rings (SSSR count). The van der Waals surface area contributed by atoms with Crippen LogP contribution in [0, 0.1) is 13.8 Å². The molecule has 0 spiro atoms. The number of carbonyl (C=O) groups is 1. The first-order chi connectivity index (χ1) is 12.9. The number of rotatable bonds is 4. The molecule has 5 nitrogen and oxygen atoms in total. The lowest BCUT2D eigenvalue weighted by molar-refractivity contribution is -0.115. The van der Waals surface area contributed by atoms with E-state index in [1.54, 1.807) is 20.3 Å². The summed E-state index contributed by atoms with van der Waals surface area (Å²) in [5, 5.41) is 3.38. The van der Waals surface area contributed by atoms with E-state index in [4.69, 9.17) is 9.47 Å². The molecule has 1 fully saturated rings. The van der Waals surface area contributed by atoms with Gasteiger partial charge >= 0.3 is 0 Å². The van der Waals surface area contributed by atoms with Crippen molar-refractivity contribution < 1.29 is 14.3 Å². The molecule has 2 aromatic carbocycles. The topological polar surface area (TPSA) is 59.9 Å². The molecule has 0 bridgehead atoms. The first-order valence-corrected chi connectivity index (χ1v) is 9.80. The zero-order chi connectivity index (χ0) is 19.6. The number of hydrogen-bond donors (Lipinski definition) is 1. The van der Waals surface area contributed by atoms with E-state index in [1.165, 1.54) is 17.3 Å². The van der Waals surface area contributed by atoms with Crippen LogP contribution >= 0.6 is 27.7 Å². The van der Waals surface area contributed by atoms with Crippen molar-refractivity contribution in [2.24, 2.45) is 4.99 Å². The lowest BCUT2D eigenvalue weighted by Crippen LogP contribution is -2.19. The number of benzene rings is 2. The van der Waals surface area contributed by atoms with Crippen LogP contribution in [-0.2, 0) is 4.79 Å². The maximum atomic E-state index is 12.4. The number of halogens is 1. The normalized spacial score (nSPS) is 16.7. The standard InChI is InChI=1S/C20H19BrN2O3S/c1-11-5-6-15(12(2)7-11)22-20-23-19(24)18(27-20)9-13-8-16(25-3)17(26-4)10-14(13)21/h5-10H,1-4H3,(H,22,23,24)/b18-9+. The van der Waals surface area contributed by atoms with E-state index in [1.807, 2.05) is 38.1 Å². The second kappa shape index (κ2) is 8.19. The second-order valence-corrected chi connectivity index (χ2v) is 7.89. The molecule has 1 N–H and O–H groups in total. The zero-order valence-electron chi connectivity index (χ0n) is 15.4. The molecule has 140 valence electrons. The van der Waals surface area contributed by atoms with Gasteiger partial charge < -0.3 is 14.8 Å². The molecule has 0 aromatic heterocycles. The molecule has 7 heteroatoms. The van der Waals surface area contributed by atoms with Gasteiger partial charge in [-0.1, -0.05) is 33.6 Å². The molecule has 2 aromatic rings. The number of amidine groups is 1. The van der Waals surface area contributed by atoms with Crippen LogP contribution in [0.1, 0.15) is 16.7 Å². The smallest absolute Gasteiger partial charge is 0.264 e. The third-order valence-corrected chi connectivity index (χ3v) is 5.61. The van der Waals surface area contributed by atoms with Crippen LogP contribution in [0.25, 0.3) is 6.08 Å². The largest absolute Gasteiger partial charge is 0.493 e. The number of aryl methyl sites for hydroxylation is 2. The Hall–Kier alpha value is -2.25. The Labute approximate surface area is 171 Å². The van der Waals surface area contributed by atoms with Gasteiger partial charge in [0.1, 0.15) is 0 Å². The van der Waals surface area contributed by atoms with Gasteiger partial charge in [-0.15, -0.1) is 0 Å². The molecular formula is C20H19BrN2O3S. The predicted octanol–water partition coefficient (Wildman–Crippen LogP) is 4.97. The number of nitrogens with one attached hydrogen (secondary N) is 1. The van der Waals surface area contributed by atoms with Crippen molar-refractivity contribution in [2.75, 3.05) is 14.2 Å². The number of hydrogen-bond acceptors (Lipinski definition) is 5. The van der Waals surface area contributed by atoms with Crippen molar-refractivity contribution >= 4 is 50.5 Å². The van der Waals surface area contributed by atoms with Gasteiger partial charge in [0, 0.05) is 4.47 Å². The molecular weight excluding hydrogens is 428 g/mol. The van der Waals surface area contributed by atoms with E-state index in [-0.39, 0.29) is 5.91 Å². The van der Waals surface area contributed by atoms with Gasteiger partial charge in [-0.25, -0.2) is 4.99 Å². The summed E-state index contributed by atoms with van der Waals surface area (Å²) in [5.74, 6) is 1.04. The molecule has 27 heavy (non-hydrogen) atoms. The highest BCUT2D eigenvalue weighted by Crippen LogP contribution is 2.36. The minimum absolute atomic E-state index is 0.176. The fourth-order valence-corrected chi connectivity index (χ4v) is 3.90. The fourth-order valence-electron chi connectivity index (χ4n) is 2.64. The zero-order valence-corrected chi connectivity index (χ0v) is 17.8. The van der Waals surface area contributed by atoms with E-state index in [0.29, 0.717) is 21.6 Å². The lowest BCUT2D eigenvalue weighted by atomic mass is 10.1.